The molecule has 0 fully saturated rings. The van der Waals surface area contributed by atoms with Crippen molar-refractivity contribution in [3.05, 3.63) is 44.8 Å². The number of hydrogen-bond donors (Lipinski definition) is 0. The van der Waals surface area contributed by atoms with Crippen LogP contribution in [-0.2, 0) is 19.4 Å². The van der Waals surface area contributed by atoms with E-state index in [1.807, 2.05) is 0 Å². The lowest BCUT2D eigenvalue weighted by atomic mass is 9.83. The molecule has 0 aromatic heterocycles. The van der Waals surface area contributed by atoms with Crippen LogP contribution in [0.2, 0.25) is 0 Å². The third-order valence-corrected chi connectivity index (χ3v) is 4.65. The molecule has 4 heteroatoms. The van der Waals surface area contributed by atoms with E-state index in [-0.39, 0.29) is 6.04 Å². The summed E-state index contributed by atoms with van der Waals surface area (Å²) in [6, 6.07) is 4.77. The van der Waals surface area contributed by atoms with Crippen molar-refractivity contribution in [2.24, 2.45) is 11.0 Å². The van der Waals surface area contributed by atoms with Gasteiger partial charge >= 0.3 is 0 Å². The molecule has 0 amide bonds. The summed E-state index contributed by atoms with van der Waals surface area (Å²) in [5.74, 6) is 0.721. The Morgan fingerprint density at radius 1 is 1.29 bits per heavy atom. The molecule has 1 aliphatic carbocycles. The molecule has 0 spiro atoms. The van der Waals surface area contributed by atoms with Crippen molar-refractivity contribution >= 4 is 0 Å². The number of azide groups is 1. The minimum absolute atomic E-state index is 0.0535. The maximum Gasteiger partial charge on any atom is 0.0628 e. The van der Waals surface area contributed by atoms with Gasteiger partial charge in [-0.3, -0.25) is 4.90 Å². The lowest BCUT2D eigenvalue weighted by Gasteiger charge is -2.32. The standard InChI is InChI=1S/C17H24N4/c1-12(2)10-21-7-6-13-9-16-14(8-15(13)11-21)4-3-5-17(16)19-20-18/h8-9,12,17H,3-7,10-11H2,1-2H3. The Labute approximate surface area is 126 Å². The molecule has 0 bridgehead atoms. The van der Waals surface area contributed by atoms with Crippen molar-refractivity contribution in [3.63, 3.8) is 0 Å². The quantitative estimate of drug-likeness (QED) is 0.461. The van der Waals surface area contributed by atoms with Crippen LogP contribution in [-0.4, -0.2) is 18.0 Å². The van der Waals surface area contributed by atoms with Gasteiger partial charge in [-0.2, -0.15) is 0 Å². The Morgan fingerprint density at radius 2 is 2.14 bits per heavy atom. The van der Waals surface area contributed by atoms with Crippen LogP contribution in [0.1, 0.15) is 55.0 Å². The van der Waals surface area contributed by atoms with E-state index in [9.17, 15) is 0 Å². The fraction of sp³-hybridized carbons (Fsp3) is 0.647. The molecule has 0 radical (unpaired) electrons. The highest BCUT2D eigenvalue weighted by Crippen LogP contribution is 2.36. The van der Waals surface area contributed by atoms with Crippen LogP contribution in [0.5, 0.6) is 0 Å². The highest BCUT2D eigenvalue weighted by Gasteiger charge is 2.24. The predicted molar refractivity (Wildman–Crippen MR) is 85.1 cm³/mol. The van der Waals surface area contributed by atoms with Crippen LogP contribution in [0.15, 0.2) is 17.2 Å². The maximum absolute atomic E-state index is 8.75. The zero-order valence-corrected chi connectivity index (χ0v) is 13.0. The van der Waals surface area contributed by atoms with Crippen LogP contribution >= 0.6 is 0 Å². The SMILES string of the molecule is CC(C)CN1CCc2cc3c(cc2C1)CCCC3N=[N+]=[N-]. The summed E-state index contributed by atoms with van der Waals surface area (Å²) in [4.78, 5) is 5.59. The number of hydrogen-bond acceptors (Lipinski definition) is 2. The highest BCUT2D eigenvalue weighted by molar-refractivity contribution is 5.42. The zero-order valence-electron chi connectivity index (χ0n) is 13.0. The first-order valence-electron chi connectivity index (χ1n) is 8.08. The lowest BCUT2D eigenvalue weighted by molar-refractivity contribution is 0.226. The van der Waals surface area contributed by atoms with E-state index >= 15 is 0 Å². The smallest absolute Gasteiger partial charge is 0.0628 e. The summed E-state index contributed by atoms with van der Waals surface area (Å²) in [5, 5.41) is 4.00. The van der Waals surface area contributed by atoms with Crippen LogP contribution in [0, 0.1) is 5.92 Å². The average molecular weight is 284 g/mol. The van der Waals surface area contributed by atoms with Gasteiger partial charge in [0.2, 0.25) is 0 Å². The minimum Gasteiger partial charge on any atom is -0.298 e. The number of benzene rings is 1. The molecule has 112 valence electrons. The number of nitrogens with zero attached hydrogens (tertiary/aromatic N) is 4. The normalized spacial score (nSPS) is 21.6. The Balaban J connectivity index is 1.88. The second-order valence-electron chi connectivity index (χ2n) is 6.81. The minimum atomic E-state index is 0.0535. The predicted octanol–water partition coefficient (Wildman–Crippen LogP) is 4.39. The van der Waals surface area contributed by atoms with Crippen LogP contribution < -0.4 is 0 Å². The molecule has 0 saturated heterocycles. The molecule has 1 atom stereocenters. The Morgan fingerprint density at radius 3 is 2.90 bits per heavy atom. The van der Waals surface area contributed by atoms with E-state index in [1.165, 1.54) is 28.8 Å². The summed E-state index contributed by atoms with van der Waals surface area (Å²) in [7, 11) is 0. The van der Waals surface area contributed by atoms with E-state index in [0.717, 1.165) is 44.7 Å². The van der Waals surface area contributed by atoms with Gasteiger partial charge in [-0.15, -0.1) is 0 Å². The van der Waals surface area contributed by atoms with Crippen molar-refractivity contribution in [1.82, 2.24) is 4.90 Å². The van der Waals surface area contributed by atoms with Gasteiger partial charge in [0.1, 0.15) is 0 Å². The summed E-state index contributed by atoms with van der Waals surface area (Å²) in [6.07, 6.45) is 4.38. The van der Waals surface area contributed by atoms with Crippen LogP contribution in [0.4, 0.5) is 0 Å². The molecule has 1 unspecified atom stereocenters. The van der Waals surface area contributed by atoms with E-state index in [2.05, 4.69) is 40.9 Å². The molecule has 21 heavy (non-hydrogen) atoms. The second kappa shape index (κ2) is 6.08. The van der Waals surface area contributed by atoms with Crippen molar-refractivity contribution in [2.45, 2.75) is 52.1 Å². The molecule has 4 nitrogen and oxygen atoms in total. The molecule has 2 aliphatic rings. The number of rotatable bonds is 3. The molecule has 3 rings (SSSR count). The molecular weight excluding hydrogens is 260 g/mol. The van der Waals surface area contributed by atoms with Gasteiger partial charge in [-0.05, 0) is 59.4 Å². The van der Waals surface area contributed by atoms with Crippen LogP contribution in [0.3, 0.4) is 0 Å². The van der Waals surface area contributed by atoms with Gasteiger partial charge in [0.05, 0.1) is 6.04 Å². The Kier molecular flexibility index (Phi) is 4.18. The first-order valence-corrected chi connectivity index (χ1v) is 8.08. The van der Waals surface area contributed by atoms with Crippen LogP contribution in [0.25, 0.3) is 10.4 Å². The number of aryl methyl sites for hydroxylation is 1. The van der Waals surface area contributed by atoms with E-state index < -0.39 is 0 Å². The van der Waals surface area contributed by atoms with E-state index in [4.69, 9.17) is 5.53 Å². The van der Waals surface area contributed by atoms with Crippen molar-refractivity contribution < 1.29 is 0 Å². The van der Waals surface area contributed by atoms with Gasteiger partial charge in [-0.1, -0.05) is 31.1 Å². The molecule has 0 saturated carbocycles. The van der Waals surface area contributed by atoms with Crippen molar-refractivity contribution in [3.8, 4) is 0 Å². The summed E-state index contributed by atoms with van der Waals surface area (Å²) in [6.45, 7) is 7.97. The summed E-state index contributed by atoms with van der Waals surface area (Å²) in [5.41, 5.74) is 14.4. The molecule has 1 aliphatic heterocycles. The summed E-state index contributed by atoms with van der Waals surface area (Å²) >= 11 is 0. The van der Waals surface area contributed by atoms with Gasteiger partial charge in [0, 0.05) is 24.5 Å². The molecule has 1 heterocycles. The monoisotopic (exact) mass is 284 g/mol. The maximum atomic E-state index is 8.75. The van der Waals surface area contributed by atoms with E-state index in [1.54, 1.807) is 0 Å². The first-order chi connectivity index (χ1) is 10.2. The lowest BCUT2D eigenvalue weighted by Crippen LogP contribution is -2.33. The third-order valence-electron chi connectivity index (χ3n) is 4.65. The molecule has 1 aromatic rings. The fourth-order valence-corrected chi connectivity index (χ4v) is 3.76. The largest absolute Gasteiger partial charge is 0.298 e. The van der Waals surface area contributed by atoms with Gasteiger partial charge in [-0.25, -0.2) is 0 Å². The highest BCUT2D eigenvalue weighted by atomic mass is 15.1. The van der Waals surface area contributed by atoms with E-state index in [0.29, 0.717) is 0 Å². The Hall–Kier alpha value is -1.51. The average Bonchev–Trinajstić information content (AvgIpc) is 2.45. The third kappa shape index (κ3) is 3.07. The van der Waals surface area contributed by atoms with Gasteiger partial charge in [0.25, 0.3) is 0 Å². The first kappa shape index (κ1) is 14.4. The molecule has 1 aromatic carbocycles. The second-order valence-corrected chi connectivity index (χ2v) is 6.81. The number of fused-ring (bicyclic) bond motifs is 2. The topological polar surface area (TPSA) is 52.0 Å². The molecule has 0 N–H and O–H groups in total. The fourth-order valence-electron chi connectivity index (χ4n) is 3.76. The van der Waals surface area contributed by atoms with Gasteiger partial charge in [0.15, 0.2) is 0 Å². The van der Waals surface area contributed by atoms with Crippen molar-refractivity contribution in [1.29, 1.82) is 0 Å². The van der Waals surface area contributed by atoms with Crippen molar-refractivity contribution in [2.75, 3.05) is 13.1 Å². The Bertz CT molecular complexity index is 572. The summed E-state index contributed by atoms with van der Waals surface area (Å²) < 4.78 is 0. The zero-order chi connectivity index (χ0) is 14.8. The molecular formula is C17H24N4. The van der Waals surface area contributed by atoms with Gasteiger partial charge < -0.3 is 0 Å².